The zero-order valence-electron chi connectivity index (χ0n) is 29.0. The van der Waals surface area contributed by atoms with Gasteiger partial charge in [0.25, 0.3) is 0 Å². The number of carboxylic acids is 1. The number of carboxylic acid groups (broad SMARTS) is 1. The van der Waals surface area contributed by atoms with Crippen LogP contribution in [0.4, 0.5) is 0 Å². The SMILES string of the molecule is C=C1CC[C@H](OCCCNC(=O)C(C)CCOCCC(=O)O)C/C1=C/C=C1\CCC[C@]2(C)[C@@H]([C@H](C)CCCC(C)(C)O)CC[C@@H]12. The van der Waals surface area contributed by atoms with Crippen molar-refractivity contribution in [1.82, 2.24) is 5.32 Å². The second-order valence-electron chi connectivity index (χ2n) is 15.1. The highest BCUT2D eigenvalue weighted by molar-refractivity contribution is 5.78. The molecular weight excluding hydrogens is 566 g/mol. The molecule has 3 aliphatic rings. The summed E-state index contributed by atoms with van der Waals surface area (Å²) in [6.45, 7) is 16.9. The molecule has 0 aliphatic heterocycles. The molecule has 7 heteroatoms. The van der Waals surface area contributed by atoms with E-state index in [0.717, 1.165) is 44.4 Å². The Kier molecular flexibility index (Phi) is 14.8. The van der Waals surface area contributed by atoms with Crippen LogP contribution in [0.15, 0.2) is 35.5 Å². The molecule has 1 amide bonds. The number of carbonyl (C=O) groups excluding carboxylic acids is 1. The van der Waals surface area contributed by atoms with Crippen LogP contribution in [0, 0.1) is 29.1 Å². The smallest absolute Gasteiger partial charge is 0.305 e. The van der Waals surface area contributed by atoms with E-state index in [9.17, 15) is 14.7 Å². The highest BCUT2D eigenvalue weighted by Crippen LogP contribution is 2.60. The molecule has 0 heterocycles. The number of hydrogen-bond donors (Lipinski definition) is 3. The van der Waals surface area contributed by atoms with Crippen molar-refractivity contribution >= 4 is 11.9 Å². The van der Waals surface area contributed by atoms with Crippen LogP contribution in [0.2, 0.25) is 0 Å². The van der Waals surface area contributed by atoms with E-state index in [4.69, 9.17) is 14.6 Å². The van der Waals surface area contributed by atoms with Crippen LogP contribution >= 0.6 is 0 Å². The highest BCUT2D eigenvalue weighted by atomic mass is 16.5. The quantitative estimate of drug-likeness (QED) is 0.134. The minimum absolute atomic E-state index is 0.00310. The van der Waals surface area contributed by atoms with Gasteiger partial charge in [-0.1, -0.05) is 63.5 Å². The first-order valence-corrected chi connectivity index (χ1v) is 17.8. The van der Waals surface area contributed by atoms with Gasteiger partial charge in [0.05, 0.1) is 24.7 Å². The minimum Gasteiger partial charge on any atom is -0.481 e. The molecule has 45 heavy (non-hydrogen) atoms. The minimum atomic E-state index is -0.878. The fraction of sp³-hybridized carbons (Fsp3) is 0.789. The number of amides is 1. The highest BCUT2D eigenvalue weighted by Gasteiger charge is 2.50. The van der Waals surface area contributed by atoms with Crippen molar-refractivity contribution in [2.75, 3.05) is 26.4 Å². The number of nitrogens with one attached hydrogen (secondary N) is 1. The number of aliphatic hydroxyl groups is 1. The predicted octanol–water partition coefficient (Wildman–Crippen LogP) is 7.78. The molecule has 0 aromatic carbocycles. The van der Waals surface area contributed by atoms with Gasteiger partial charge in [0.2, 0.25) is 5.91 Å². The van der Waals surface area contributed by atoms with Gasteiger partial charge in [-0.3, -0.25) is 9.59 Å². The fourth-order valence-electron chi connectivity index (χ4n) is 8.16. The van der Waals surface area contributed by atoms with Crippen LogP contribution < -0.4 is 5.32 Å². The van der Waals surface area contributed by atoms with Gasteiger partial charge in [-0.05, 0) is 113 Å². The lowest BCUT2D eigenvalue weighted by Gasteiger charge is -2.44. The molecule has 7 nitrogen and oxygen atoms in total. The summed E-state index contributed by atoms with van der Waals surface area (Å²) in [7, 11) is 0. The van der Waals surface area contributed by atoms with Crippen LogP contribution in [0.3, 0.4) is 0 Å². The lowest BCUT2D eigenvalue weighted by molar-refractivity contribution is -0.138. The summed E-state index contributed by atoms with van der Waals surface area (Å²) in [5.41, 5.74) is 4.02. The standard InChI is InChI=1S/C38H63NO6/c1-27-12-15-32(45-23-9-22-39-36(42)29(3)18-24-44-25-19-35(40)41)26-31(27)14-13-30-11-8-21-38(6)33(16-17-34(30)38)28(2)10-7-20-37(4,5)43/h13-14,28-29,32-34,43H,1,7-12,15-26H2,2-6H3,(H,39,42)(H,40,41)/b30-13+,31-14-/t28-,29?,32+,33-,34+,38-/m1/s1. The molecule has 0 spiro atoms. The summed E-state index contributed by atoms with van der Waals surface area (Å²) >= 11 is 0. The van der Waals surface area contributed by atoms with Crippen molar-refractivity contribution < 1.29 is 29.3 Å². The van der Waals surface area contributed by atoms with Crippen molar-refractivity contribution in [3.63, 3.8) is 0 Å². The molecule has 256 valence electrons. The van der Waals surface area contributed by atoms with Crippen molar-refractivity contribution in [2.45, 2.75) is 136 Å². The second kappa shape index (κ2) is 17.8. The third kappa shape index (κ3) is 12.0. The Bertz CT molecular complexity index is 1040. The lowest BCUT2D eigenvalue weighted by Crippen LogP contribution is -2.36. The Balaban J connectivity index is 1.43. The molecule has 0 aromatic rings. The summed E-state index contributed by atoms with van der Waals surface area (Å²) in [4.78, 5) is 22.9. The Morgan fingerprint density at radius 1 is 1.09 bits per heavy atom. The van der Waals surface area contributed by atoms with Gasteiger partial charge >= 0.3 is 5.97 Å². The maximum absolute atomic E-state index is 12.3. The fourth-order valence-corrected chi connectivity index (χ4v) is 8.16. The number of ether oxygens (including phenoxy) is 2. The van der Waals surface area contributed by atoms with E-state index >= 15 is 0 Å². The summed E-state index contributed by atoms with van der Waals surface area (Å²) < 4.78 is 11.5. The van der Waals surface area contributed by atoms with Gasteiger partial charge in [0, 0.05) is 25.7 Å². The van der Waals surface area contributed by atoms with E-state index in [0.29, 0.717) is 43.4 Å². The molecule has 3 saturated carbocycles. The van der Waals surface area contributed by atoms with E-state index in [1.54, 1.807) is 5.57 Å². The summed E-state index contributed by atoms with van der Waals surface area (Å²) in [5, 5.41) is 21.8. The topological polar surface area (TPSA) is 105 Å². The van der Waals surface area contributed by atoms with E-state index in [-0.39, 0.29) is 31.0 Å². The van der Waals surface area contributed by atoms with Gasteiger partial charge in [0.1, 0.15) is 0 Å². The van der Waals surface area contributed by atoms with Gasteiger partial charge in [-0.15, -0.1) is 0 Å². The van der Waals surface area contributed by atoms with E-state index < -0.39 is 11.6 Å². The molecule has 0 aromatic heterocycles. The third-order valence-corrected chi connectivity index (χ3v) is 10.9. The van der Waals surface area contributed by atoms with Gasteiger partial charge in [-0.2, -0.15) is 0 Å². The summed E-state index contributed by atoms with van der Waals surface area (Å²) in [6.07, 6.45) is 18.8. The van der Waals surface area contributed by atoms with Crippen molar-refractivity contribution in [1.29, 1.82) is 0 Å². The molecule has 0 saturated heterocycles. The molecule has 3 aliphatic carbocycles. The van der Waals surface area contributed by atoms with Crippen LogP contribution in [-0.2, 0) is 19.1 Å². The maximum Gasteiger partial charge on any atom is 0.305 e. The first-order valence-electron chi connectivity index (χ1n) is 17.8. The van der Waals surface area contributed by atoms with Crippen molar-refractivity contribution in [3.05, 3.63) is 35.5 Å². The molecule has 3 rings (SSSR count). The predicted molar refractivity (Wildman–Crippen MR) is 181 cm³/mol. The third-order valence-electron chi connectivity index (χ3n) is 10.9. The maximum atomic E-state index is 12.3. The number of aliphatic carboxylic acids is 1. The lowest BCUT2D eigenvalue weighted by atomic mass is 9.60. The number of fused-ring (bicyclic) bond motifs is 1. The molecule has 3 fully saturated rings. The number of rotatable bonds is 18. The Labute approximate surface area is 273 Å². The average Bonchev–Trinajstić information content (AvgIpc) is 3.33. The average molecular weight is 630 g/mol. The van der Waals surface area contributed by atoms with E-state index in [1.165, 1.54) is 49.7 Å². The molecule has 6 atom stereocenters. The number of carbonyl (C=O) groups is 2. The monoisotopic (exact) mass is 629 g/mol. The molecule has 0 radical (unpaired) electrons. The molecular formula is C38H63NO6. The number of hydrogen-bond acceptors (Lipinski definition) is 5. The van der Waals surface area contributed by atoms with Crippen LogP contribution in [0.1, 0.15) is 125 Å². The Morgan fingerprint density at radius 3 is 2.60 bits per heavy atom. The van der Waals surface area contributed by atoms with Gasteiger partial charge in [0.15, 0.2) is 0 Å². The second-order valence-corrected chi connectivity index (χ2v) is 15.1. The molecule has 3 N–H and O–H groups in total. The van der Waals surface area contributed by atoms with Crippen molar-refractivity contribution in [3.8, 4) is 0 Å². The zero-order chi connectivity index (χ0) is 33.0. The van der Waals surface area contributed by atoms with Crippen LogP contribution in [-0.4, -0.2) is 60.2 Å². The van der Waals surface area contributed by atoms with Gasteiger partial charge in [-0.25, -0.2) is 0 Å². The van der Waals surface area contributed by atoms with E-state index in [2.05, 4.69) is 37.9 Å². The van der Waals surface area contributed by atoms with Gasteiger partial charge < -0.3 is 25.0 Å². The van der Waals surface area contributed by atoms with Crippen LogP contribution in [0.5, 0.6) is 0 Å². The van der Waals surface area contributed by atoms with E-state index in [1.807, 2.05) is 20.8 Å². The van der Waals surface area contributed by atoms with Crippen molar-refractivity contribution in [2.24, 2.45) is 29.1 Å². The first kappa shape index (κ1) is 37.5. The first-order chi connectivity index (χ1) is 21.3. The van der Waals surface area contributed by atoms with Crippen LogP contribution in [0.25, 0.3) is 0 Å². The number of allylic oxidation sites excluding steroid dienone is 4. The summed E-state index contributed by atoms with van der Waals surface area (Å²) in [5.74, 6) is 1.08. The largest absolute Gasteiger partial charge is 0.481 e. The normalized spacial score (nSPS) is 28.7. The summed E-state index contributed by atoms with van der Waals surface area (Å²) in [6, 6.07) is 0. The molecule has 1 unspecified atom stereocenters. The Morgan fingerprint density at radius 2 is 1.87 bits per heavy atom. The molecule has 0 bridgehead atoms. The Hall–Kier alpha value is -1.96. The zero-order valence-corrected chi connectivity index (χ0v) is 29.0.